The highest BCUT2D eigenvalue weighted by Crippen LogP contribution is 2.26. The number of anilines is 2. The van der Waals surface area contributed by atoms with Crippen LogP contribution in [0, 0.1) is 0 Å². The fraction of sp³-hybridized carbons (Fsp3) is 0.217. The zero-order chi connectivity index (χ0) is 21.4. The van der Waals surface area contributed by atoms with Gasteiger partial charge in [0.15, 0.2) is 11.5 Å². The molecule has 1 aromatic carbocycles. The molecule has 0 radical (unpaired) electrons. The van der Waals surface area contributed by atoms with Crippen LogP contribution in [0.15, 0.2) is 71.7 Å². The van der Waals surface area contributed by atoms with Crippen molar-refractivity contribution in [2.45, 2.75) is 31.9 Å². The molecule has 3 aromatic heterocycles. The van der Waals surface area contributed by atoms with E-state index in [0.717, 1.165) is 5.69 Å². The van der Waals surface area contributed by atoms with Crippen LogP contribution < -0.4 is 10.9 Å². The molecule has 0 fully saturated rings. The number of nitrogens with zero attached hydrogens (tertiary/aromatic N) is 5. The Labute approximate surface area is 178 Å². The van der Waals surface area contributed by atoms with Crippen molar-refractivity contribution in [1.29, 1.82) is 0 Å². The zero-order valence-electron chi connectivity index (χ0n) is 17.1. The Balaban J connectivity index is 1.72. The third-order valence-corrected chi connectivity index (χ3v) is 5.45. The highest BCUT2D eigenvalue weighted by molar-refractivity contribution is 5.77. The normalized spacial score (nSPS) is 19.4. The number of nitrogens with one attached hydrogen (secondary N) is 1. The summed E-state index contributed by atoms with van der Waals surface area (Å²) in [6, 6.07) is 15.0. The van der Waals surface area contributed by atoms with Crippen molar-refractivity contribution >= 4 is 22.7 Å². The van der Waals surface area contributed by atoms with Gasteiger partial charge in [0.1, 0.15) is 11.0 Å². The first-order valence-electron chi connectivity index (χ1n) is 10.2. The van der Waals surface area contributed by atoms with Crippen molar-refractivity contribution in [3.8, 4) is 5.82 Å². The Morgan fingerprint density at radius 3 is 2.74 bits per heavy atom. The molecule has 2 bridgehead atoms. The molecule has 5 rings (SSSR count). The van der Waals surface area contributed by atoms with E-state index in [-0.39, 0.29) is 5.56 Å². The molecule has 0 saturated heterocycles. The lowest BCUT2D eigenvalue weighted by Crippen LogP contribution is -2.24. The second-order valence-corrected chi connectivity index (χ2v) is 7.79. The summed E-state index contributed by atoms with van der Waals surface area (Å²) in [6.07, 6.45) is 6.66. The second-order valence-electron chi connectivity index (χ2n) is 7.79. The maximum atomic E-state index is 13.1. The highest BCUT2D eigenvalue weighted by atomic mass is 16.3. The van der Waals surface area contributed by atoms with Gasteiger partial charge in [0.05, 0.1) is 12.2 Å². The van der Waals surface area contributed by atoms with Crippen LogP contribution in [0.3, 0.4) is 0 Å². The van der Waals surface area contributed by atoms with Crippen molar-refractivity contribution in [2.75, 3.05) is 5.32 Å². The molecule has 0 unspecified atom stereocenters. The van der Waals surface area contributed by atoms with Gasteiger partial charge in [0, 0.05) is 11.9 Å². The van der Waals surface area contributed by atoms with Gasteiger partial charge in [-0.3, -0.25) is 4.79 Å². The van der Waals surface area contributed by atoms with E-state index in [9.17, 15) is 9.90 Å². The molecule has 0 aliphatic carbocycles. The minimum absolute atomic E-state index is 0.191. The van der Waals surface area contributed by atoms with Crippen LogP contribution in [-0.2, 0) is 12.1 Å². The Kier molecular flexibility index (Phi) is 4.63. The standard InChI is InChI=1S/C23H22N6O2/c1-23(31)13-6-3-7-14-28-21(30)17-15-24-22(25-16-9-4-2-5-10-16)27-20(17)29(28)19-12-8-11-18(23)26-19/h2-5,7-12,15,31H,6,13-14H2,1H3,(H,24,25,27)/b7-3-/t23-/m1/s1. The molecule has 0 spiro atoms. The van der Waals surface area contributed by atoms with Gasteiger partial charge >= 0.3 is 0 Å². The molecule has 31 heavy (non-hydrogen) atoms. The Morgan fingerprint density at radius 2 is 1.90 bits per heavy atom. The molecule has 156 valence electrons. The van der Waals surface area contributed by atoms with Gasteiger partial charge in [-0.2, -0.15) is 4.98 Å². The van der Waals surface area contributed by atoms with Crippen molar-refractivity contribution in [2.24, 2.45) is 0 Å². The molecule has 4 aromatic rings. The second kappa shape index (κ2) is 7.48. The summed E-state index contributed by atoms with van der Waals surface area (Å²) >= 11 is 0. The average molecular weight is 414 g/mol. The lowest BCUT2D eigenvalue weighted by molar-refractivity contribution is 0.0443. The maximum Gasteiger partial charge on any atom is 0.278 e. The highest BCUT2D eigenvalue weighted by Gasteiger charge is 2.26. The smallest absolute Gasteiger partial charge is 0.278 e. The first-order chi connectivity index (χ1) is 15.0. The minimum atomic E-state index is -1.08. The number of benzene rings is 1. The number of aliphatic hydroxyl groups is 1. The van der Waals surface area contributed by atoms with E-state index in [1.165, 1.54) is 0 Å². The third-order valence-electron chi connectivity index (χ3n) is 5.45. The first kappa shape index (κ1) is 19.2. The van der Waals surface area contributed by atoms with E-state index in [4.69, 9.17) is 4.98 Å². The summed E-state index contributed by atoms with van der Waals surface area (Å²) in [5.74, 6) is 0.900. The van der Waals surface area contributed by atoms with Gasteiger partial charge in [0.2, 0.25) is 5.95 Å². The fourth-order valence-corrected chi connectivity index (χ4v) is 3.76. The van der Waals surface area contributed by atoms with Crippen LogP contribution in [0.1, 0.15) is 25.5 Å². The Bertz CT molecular complexity index is 1340. The summed E-state index contributed by atoms with van der Waals surface area (Å²) in [7, 11) is 0. The summed E-state index contributed by atoms with van der Waals surface area (Å²) in [5.41, 5.74) is 0.589. The molecule has 0 saturated carbocycles. The Morgan fingerprint density at radius 1 is 1.06 bits per heavy atom. The van der Waals surface area contributed by atoms with E-state index in [0.29, 0.717) is 47.9 Å². The van der Waals surface area contributed by atoms with E-state index in [1.807, 2.05) is 54.6 Å². The van der Waals surface area contributed by atoms with Gasteiger partial charge in [-0.15, -0.1) is 0 Å². The molecule has 4 heterocycles. The van der Waals surface area contributed by atoms with Gasteiger partial charge in [-0.25, -0.2) is 19.3 Å². The van der Waals surface area contributed by atoms with Crippen molar-refractivity contribution in [1.82, 2.24) is 24.3 Å². The summed E-state index contributed by atoms with van der Waals surface area (Å²) in [4.78, 5) is 26.8. The monoisotopic (exact) mass is 414 g/mol. The molecular weight excluding hydrogens is 392 g/mol. The quantitative estimate of drug-likeness (QED) is 0.489. The molecule has 2 N–H and O–H groups in total. The summed E-state index contributed by atoms with van der Waals surface area (Å²) in [5, 5.41) is 14.5. The van der Waals surface area contributed by atoms with Gasteiger partial charge < -0.3 is 10.4 Å². The van der Waals surface area contributed by atoms with Crippen LogP contribution >= 0.6 is 0 Å². The SMILES string of the molecule is C[C@@]1(O)CC/C=C\Cn2c(=O)c3cnc(Nc4ccccc4)nc3n2-c2cccc1n2. The lowest BCUT2D eigenvalue weighted by atomic mass is 9.95. The molecule has 0 amide bonds. The molecule has 1 aliphatic heterocycles. The molecule has 8 heteroatoms. The van der Waals surface area contributed by atoms with Gasteiger partial charge in [0.25, 0.3) is 5.56 Å². The largest absolute Gasteiger partial charge is 0.384 e. The Hall–Kier alpha value is -3.78. The molecule has 1 aliphatic rings. The summed E-state index contributed by atoms with van der Waals surface area (Å²) < 4.78 is 3.29. The van der Waals surface area contributed by atoms with E-state index in [1.54, 1.807) is 28.6 Å². The van der Waals surface area contributed by atoms with Crippen LogP contribution in [-0.4, -0.2) is 29.4 Å². The first-order valence-corrected chi connectivity index (χ1v) is 10.2. The number of rotatable bonds is 2. The molecular formula is C23H22N6O2. The fourth-order valence-electron chi connectivity index (χ4n) is 3.76. The van der Waals surface area contributed by atoms with Crippen molar-refractivity contribution in [3.63, 3.8) is 0 Å². The number of hydrogen-bond donors (Lipinski definition) is 2. The van der Waals surface area contributed by atoms with E-state index in [2.05, 4.69) is 15.3 Å². The van der Waals surface area contributed by atoms with Crippen LogP contribution in [0.5, 0.6) is 0 Å². The number of hydrogen-bond acceptors (Lipinski definition) is 6. The predicted octanol–water partition coefficient (Wildman–Crippen LogP) is 3.28. The maximum absolute atomic E-state index is 13.1. The third kappa shape index (κ3) is 3.51. The lowest BCUT2D eigenvalue weighted by Gasteiger charge is -2.22. The number of para-hydroxylation sites is 1. The predicted molar refractivity (Wildman–Crippen MR) is 119 cm³/mol. The van der Waals surface area contributed by atoms with Crippen LogP contribution in [0.4, 0.5) is 11.6 Å². The average Bonchev–Trinajstić information content (AvgIpc) is 3.04. The summed E-state index contributed by atoms with van der Waals surface area (Å²) in [6.45, 7) is 2.13. The number of pyridine rings is 1. The zero-order valence-corrected chi connectivity index (χ0v) is 17.1. The van der Waals surface area contributed by atoms with Crippen LogP contribution in [0.25, 0.3) is 16.9 Å². The number of aromatic nitrogens is 5. The minimum Gasteiger partial charge on any atom is -0.384 e. The number of allylic oxidation sites excluding steroid dienone is 2. The van der Waals surface area contributed by atoms with Crippen molar-refractivity contribution < 1.29 is 5.11 Å². The number of fused-ring (bicyclic) bond motifs is 6. The van der Waals surface area contributed by atoms with Gasteiger partial charge in [-0.05, 0) is 44.0 Å². The van der Waals surface area contributed by atoms with Gasteiger partial charge in [-0.1, -0.05) is 36.4 Å². The molecule has 1 atom stereocenters. The molecule has 8 nitrogen and oxygen atoms in total. The topological polar surface area (TPSA) is 97.9 Å². The van der Waals surface area contributed by atoms with Crippen molar-refractivity contribution in [3.05, 3.63) is 82.9 Å². The van der Waals surface area contributed by atoms with E-state index >= 15 is 0 Å². The van der Waals surface area contributed by atoms with E-state index < -0.39 is 5.60 Å². The van der Waals surface area contributed by atoms with Crippen LogP contribution in [0.2, 0.25) is 0 Å².